The SMILES string of the molecule is CC(C)(CN)CNc1cc(Br)cs1. The van der Waals surface area contributed by atoms with Gasteiger partial charge in [-0.15, -0.1) is 11.3 Å². The largest absolute Gasteiger partial charge is 0.376 e. The van der Waals surface area contributed by atoms with Gasteiger partial charge in [-0.05, 0) is 34.0 Å². The van der Waals surface area contributed by atoms with Crippen LogP contribution in [0.1, 0.15) is 13.8 Å². The molecule has 0 unspecified atom stereocenters. The Morgan fingerprint density at radius 2 is 2.31 bits per heavy atom. The number of rotatable bonds is 4. The number of nitrogens with one attached hydrogen (secondary N) is 1. The first kappa shape index (κ1) is 11.0. The van der Waals surface area contributed by atoms with Crippen LogP contribution in [0.2, 0.25) is 0 Å². The molecule has 3 N–H and O–H groups in total. The lowest BCUT2D eigenvalue weighted by molar-refractivity contribution is 0.406. The van der Waals surface area contributed by atoms with Crippen molar-refractivity contribution in [3.8, 4) is 0 Å². The molecule has 0 amide bonds. The third kappa shape index (κ3) is 3.67. The molecule has 2 nitrogen and oxygen atoms in total. The molecule has 0 saturated heterocycles. The Morgan fingerprint density at radius 3 is 2.77 bits per heavy atom. The number of halogens is 1. The minimum Gasteiger partial charge on any atom is -0.376 e. The molecule has 4 heteroatoms. The average Bonchev–Trinajstić information content (AvgIpc) is 2.48. The van der Waals surface area contributed by atoms with Crippen LogP contribution in [-0.2, 0) is 0 Å². The molecule has 0 fully saturated rings. The molecule has 74 valence electrons. The van der Waals surface area contributed by atoms with Crippen LogP contribution in [0.3, 0.4) is 0 Å². The van der Waals surface area contributed by atoms with E-state index in [-0.39, 0.29) is 5.41 Å². The maximum Gasteiger partial charge on any atom is 0.0894 e. The Hall–Kier alpha value is -0.0600. The zero-order valence-corrected chi connectivity index (χ0v) is 10.3. The predicted molar refractivity (Wildman–Crippen MR) is 63.3 cm³/mol. The van der Waals surface area contributed by atoms with Gasteiger partial charge >= 0.3 is 0 Å². The number of hydrogen-bond acceptors (Lipinski definition) is 3. The number of anilines is 1. The van der Waals surface area contributed by atoms with E-state index < -0.39 is 0 Å². The maximum absolute atomic E-state index is 5.63. The van der Waals surface area contributed by atoms with Crippen LogP contribution >= 0.6 is 27.3 Å². The Bertz CT molecular complexity index is 270. The fourth-order valence-electron chi connectivity index (χ4n) is 0.804. The van der Waals surface area contributed by atoms with Gasteiger partial charge in [0, 0.05) is 16.4 Å². The van der Waals surface area contributed by atoms with Crippen molar-refractivity contribution in [3.05, 3.63) is 15.9 Å². The molecular formula is C9H15BrN2S. The lowest BCUT2D eigenvalue weighted by Gasteiger charge is -2.22. The minimum absolute atomic E-state index is 0.163. The van der Waals surface area contributed by atoms with Crippen molar-refractivity contribution >= 4 is 32.3 Å². The Labute approximate surface area is 91.7 Å². The van der Waals surface area contributed by atoms with E-state index in [2.05, 4.69) is 46.5 Å². The molecule has 1 aromatic rings. The zero-order valence-electron chi connectivity index (χ0n) is 7.93. The van der Waals surface area contributed by atoms with Gasteiger partial charge in [-0.25, -0.2) is 0 Å². The van der Waals surface area contributed by atoms with Gasteiger partial charge < -0.3 is 11.1 Å². The van der Waals surface area contributed by atoms with Gasteiger partial charge in [0.1, 0.15) is 0 Å². The van der Waals surface area contributed by atoms with Crippen molar-refractivity contribution in [2.45, 2.75) is 13.8 Å². The van der Waals surface area contributed by atoms with Gasteiger partial charge in [0.05, 0.1) is 5.00 Å². The van der Waals surface area contributed by atoms with Crippen molar-refractivity contribution in [1.29, 1.82) is 0 Å². The third-order valence-electron chi connectivity index (χ3n) is 1.86. The highest BCUT2D eigenvalue weighted by molar-refractivity contribution is 9.10. The highest BCUT2D eigenvalue weighted by atomic mass is 79.9. The normalized spacial score (nSPS) is 11.7. The van der Waals surface area contributed by atoms with Crippen LogP contribution in [0.15, 0.2) is 15.9 Å². The van der Waals surface area contributed by atoms with Gasteiger partial charge in [0.2, 0.25) is 0 Å². The molecule has 1 heterocycles. The van der Waals surface area contributed by atoms with Crippen LogP contribution in [0, 0.1) is 5.41 Å². The molecule has 1 aromatic heterocycles. The van der Waals surface area contributed by atoms with E-state index in [1.54, 1.807) is 11.3 Å². The first-order chi connectivity index (χ1) is 6.03. The summed E-state index contributed by atoms with van der Waals surface area (Å²) in [7, 11) is 0. The van der Waals surface area contributed by atoms with E-state index in [4.69, 9.17) is 5.73 Å². The lowest BCUT2D eigenvalue weighted by Crippen LogP contribution is -2.31. The molecule has 0 aromatic carbocycles. The molecule has 0 radical (unpaired) electrons. The molecule has 0 aliphatic rings. The van der Waals surface area contributed by atoms with Gasteiger partial charge in [-0.3, -0.25) is 0 Å². The number of hydrogen-bond donors (Lipinski definition) is 2. The monoisotopic (exact) mass is 262 g/mol. The highest BCUT2D eigenvalue weighted by Crippen LogP contribution is 2.25. The number of nitrogens with two attached hydrogens (primary N) is 1. The van der Waals surface area contributed by atoms with E-state index >= 15 is 0 Å². The van der Waals surface area contributed by atoms with Crippen LogP contribution in [0.25, 0.3) is 0 Å². The van der Waals surface area contributed by atoms with E-state index in [9.17, 15) is 0 Å². The van der Waals surface area contributed by atoms with E-state index in [1.165, 1.54) is 5.00 Å². The number of thiophene rings is 1. The smallest absolute Gasteiger partial charge is 0.0894 e. The van der Waals surface area contributed by atoms with Crippen molar-refractivity contribution < 1.29 is 0 Å². The first-order valence-electron chi connectivity index (χ1n) is 4.21. The second kappa shape index (κ2) is 4.44. The van der Waals surface area contributed by atoms with E-state index in [0.29, 0.717) is 6.54 Å². The molecule has 0 spiro atoms. The predicted octanol–water partition coefficient (Wildman–Crippen LogP) is 2.91. The van der Waals surface area contributed by atoms with Crippen molar-refractivity contribution in [1.82, 2.24) is 0 Å². The summed E-state index contributed by atoms with van der Waals surface area (Å²) in [5, 5.41) is 6.62. The molecule has 13 heavy (non-hydrogen) atoms. The van der Waals surface area contributed by atoms with Crippen LogP contribution < -0.4 is 11.1 Å². The van der Waals surface area contributed by atoms with Crippen molar-refractivity contribution in [2.24, 2.45) is 11.1 Å². The fourth-order valence-corrected chi connectivity index (χ4v) is 2.12. The van der Waals surface area contributed by atoms with Gasteiger partial charge in [0.25, 0.3) is 0 Å². The summed E-state index contributed by atoms with van der Waals surface area (Å²) in [4.78, 5) is 0. The molecule has 1 rings (SSSR count). The molecule has 0 bridgehead atoms. The highest BCUT2D eigenvalue weighted by Gasteiger charge is 2.14. The fraction of sp³-hybridized carbons (Fsp3) is 0.556. The summed E-state index contributed by atoms with van der Waals surface area (Å²) in [6.45, 7) is 5.92. The van der Waals surface area contributed by atoms with Gasteiger partial charge in [0.15, 0.2) is 0 Å². The summed E-state index contributed by atoms with van der Waals surface area (Å²) >= 11 is 5.12. The van der Waals surface area contributed by atoms with Crippen LogP contribution in [0.4, 0.5) is 5.00 Å². The summed E-state index contributed by atoms with van der Waals surface area (Å²) in [5.74, 6) is 0. The van der Waals surface area contributed by atoms with Crippen LogP contribution in [0.5, 0.6) is 0 Å². The molecule has 0 saturated carbocycles. The average molecular weight is 263 g/mol. The van der Waals surface area contributed by atoms with E-state index in [1.807, 2.05) is 0 Å². The molecule has 0 aliphatic heterocycles. The zero-order chi connectivity index (χ0) is 9.90. The van der Waals surface area contributed by atoms with Gasteiger partial charge in [-0.1, -0.05) is 13.8 Å². The van der Waals surface area contributed by atoms with Crippen LogP contribution in [-0.4, -0.2) is 13.1 Å². The standard InChI is InChI=1S/C9H15BrN2S/c1-9(2,5-11)6-12-8-3-7(10)4-13-8/h3-4,12H,5-6,11H2,1-2H3. The summed E-state index contributed by atoms with van der Waals surface area (Å²) in [6.07, 6.45) is 0. The van der Waals surface area contributed by atoms with Gasteiger partial charge in [-0.2, -0.15) is 0 Å². The van der Waals surface area contributed by atoms with Crippen molar-refractivity contribution in [3.63, 3.8) is 0 Å². The Morgan fingerprint density at radius 1 is 1.62 bits per heavy atom. The van der Waals surface area contributed by atoms with E-state index in [0.717, 1.165) is 11.0 Å². The second-order valence-corrected chi connectivity index (χ2v) is 5.68. The maximum atomic E-state index is 5.63. The summed E-state index contributed by atoms with van der Waals surface area (Å²) in [5.41, 5.74) is 5.79. The topological polar surface area (TPSA) is 38.0 Å². The minimum atomic E-state index is 0.163. The molecule has 0 atom stereocenters. The first-order valence-corrected chi connectivity index (χ1v) is 5.89. The second-order valence-electron chi connectivity index (χ2n) is 3.85. The Balaban J connectivity index is 2.43. The summed E-state index contributed by atoms with van der Waals surface area (Å²) in [6, 6.07) is 2.08. The molecule has 0 aliphatic carbocycles. The Kier molecular flexibility index (Phi) is 3.76. The quantitative estimate of drug-likeness (QED) is 0.876. The van der Waals surface area contributed by atoms with Crippen molar-refractivity contribution in [2.75, 3.05) is 18.4 Å². The third-order valence-corrected chi connectivity index (χ3v) is 3.51. The lowest BCUT2D eigenvalue weighted by atomic mass is 9.94. The molecular weight excluding hydrogens is 248 g/mol. The summed E-state index contributed by atoms with van der Waals surface area (Å²) < 4.78 is 1.13.